The number of anilines is 1. The summed E-state index contributed by atoms with van der Waals surface area (Å²) in [6.07, 6.45) is -3.23. The minimum atomic E-state index is -4.53. The average molecular weight is 472 g/mol. The maximum atomic E-state index is 14.3. The number of ether oxygens (including phenoxy) is 2. The van der Waals surface area contributed by atoms with Crippen LogP contribution >= 0.6 is 24.8 Å². The molecule has 1 aliphatic heterocycles. The van der Waals surface area contributed by atoms with Gasteiger partial charge in [0.05, 0.1) is 5.56 Å². The molecular formula is C18H19Cl2F4N3O3. The monoisotopic (exact) mass is 471 g/mol. The molecule has 0 spiro atoms. The van der Waals surface area contributed by atoms with E-state index in [1.54, 1.807) is 0 Å². The van der Waals surface area contributed by atoms with Crippen LogP contribution < -0.4 is 15.8 Å². The van der Waals surface area contributed by atoms with E-state index in [1.807, 2.05) is 0 Å². The second kappa shape index (κ2) is 10.3. The number of rotatable bonds is 4. The quantitative estimate of drug-likeness (QED) is 0.648. The summed E-state index contributed by atoms with van der Waals surface area (Å²) < 4.78 is 62.2. The highest BCUT2D eigenvalue weighted by Gasteiger charge is 2.36. The van der Waals surface area contributed by atoms with Crippen LogP contribution in [0.2, 0.25) is 0 Å². The normalized spacial score (nSPS) is 15.4. The van der Waals surface area contributed by atoms with Crippen molar-refractivity contribution in [1.82, 2.24) is 4.98 Å². The molecule has 1 fully saturated rings. The van der Waals surface area contributed by atoms with Gasteiger partial charge in [0.2, 0.25) is 11.8 Å². The van der Waals surface area contributed by atoms with Gasteiger partial charge in [0.1, 0.15) is 5.54 Å². The number of benzene rings is 1. The lowest BCUT2D eigenvalue weighted by atomic mass is 9.90. The summed E-state index contributed by atoms with van der Waals surface area (Å²) in [5.74, 6) is -1.73. The second-order valence-electron chi connectivity index (χ2n) is 6.35. The first-order valence-electron chi connectivity index (χ1n) is 8.36. The van der Waals surface area contributed by atoms with Crippen molar-refractivity contribution in [3.8, 4) is 11.6 Å². The van der Waals surface area contributed by atoms with E-state index in [-0.39, 0.29) is 42.1 Å². The van der Waals surface area contributed by atoms with Crippen LogP contribution in [0.5, 0.6) is 11.6 Å². The first kappa shape index (κ1) is 25.9. The SMILES string of the molecule is Cl.Cl.NC1(C(=O)Nc2ccc(Oc3ccc(C(F)(F)F)cn3)c(F)c2)CCOCC1. The van der Waals surface area contributed by atoms with E-state index in [2.05, 4.69) is 10.3 Å². The topological polar surface area (TPSA) is 86.5 Å². The van der Waals surface area contributed by atoms with Gasteiger partial charge in [-0.25, -0.2) is 9.37 Å². The standard InChI is InChI=1S/C18H17F4N3O3.2ClH/c19-13-9-12(25-16(26)17(23)5-7-27-8-6-17)2-3-14(13)28-15-4-1-11(10-24-15)18(20,21)22;;/h1-4,9-10H,5-8,23H2,(H,25,26);2*1H. The van der Waals surface area contributed by atoms with E-state index >= 15 is 0 Å². The minimum Gasteiger partial charge on any atom is -0.436 e. The molecule has 0 unspecified atom stereocenters. The fourth-order valence-corrected chi connectivity index (χ4v) is 2.60. The van der Waals surface area contributed by atoms with Gasteiger partial charge in [-0.15, -0.1) is 24.8 Å². The first-order valence-corrected chi connectivity index (χ1v) is 8.36. The summed E-state index contributed by atoms with van der Waals surface area (Å²) >= 11 is 0. The molecule has 6 nitrogen and oxygen atoms in total. The molecule has 0 radical (unpaired) electrons. The smallest absolute Gasteiger partial charge is 0.417 e. The average Bonchev–Trinajstić information content (AvgIpc) is 2.64. The summed E-state index contributed by atoms with van der Waals surface area (Å²) in [4.78, 5) is 15.9. The number of amides is 1. The number of nitrogens with zero attached hydrogens (tertiary/aromatic N) is 1. The van der Waals surface area contributed by atoms with Crippen molar-refractivity contribution in [2.24, 2.45) is 5.73 Å². The van der Waals surface area contributed by atoms with Gasteiger partial charge in [-0.3, -0.25) is 4.79 Å². The number of nitrogens with one attached hydrogen (secondary N) is 1. The molecule has 2 heterocycles. The van der Waals surface area contributed by atoms with E-state index in [0.29, 0.717) is 32.3 Å². The number of carbonyl (C=O) groups excluding carboxylic acids is 1. The van der Waals surface area contributed by atoms with Crippen molar-refractivity contribution in [3.05, 3.63) is 47.9 Å². The van der Waals surface area contributed by atoms with Gasteiger partial charge in [-0.1, -0.05) is 0 Å². The number of carbonyl (C=O) groups is 1. The highest BCUT2D eigenvalue weighted by atomic mass is 35.5. The van der Waals surface area contributed by atoms with Crippen LogP contribution in [0.4, 0.5) is 23.2 Å². The van der Waals surface area contributed by atoms with Crippen molar-refractivity contribution in [1.29, 1.82) is 0 Å². The van der Waals surface area contributed by atoms with Crippen molar-refractivity contribution >= 4 is 36.4 Å². The summed E-state index contributed by atoms with van der Waals surface area (Å²) in [5, 5.41) is 2.55. The van der Waals surface area contributed by atoms with Crippen LogP contribution in [0, 0.1) is 5.82 Å². The number of pyridine rings is 1. The Morgan fingerprint density at radius 1 is 1.17 bits per heavy atom. The fourth-order valence-electron chi connectivity index (χ4n) is 2.60. The summed E-state index contributed by atoms with van der Waals surface area (Å²) in [5.41, 5.74) is 4.21. The molecule has 0 bridgehead atoms. The highest BCUT2D eigenvalue weighted by Crippen LogP contribution is 2.31. The molecule has 12 heteroatoms. The Labute approximate surface area is 182 Å². The fraction of sp³-hybridized carbons (Fsp3) is 0.333. The molecule has 1 amide bonds. The van der Waals surface area contributed by atoms with Crippen molar-refractivity contribution < 1.29 is 31.8 Å². The molecular weight excluding hydrogens is 453 g/mol. The zero-order chi connectivity index (χ0) is 20.4. The Morgan fingerprint density at radius 2 is 1.83 bits per heavy atom. The van der Waals surface area contributed by atoms with Crippen molar-refractivity contribution in [2.45, 2.75) is 24.6 Å². The molecule has 2 aromatic rings. The van der Waals surface area contributed by atoms with Crippen LogP contribution in [0.3, 0.4) is 0 Å². The van der Waals surface area contributed by atoms with Crippen LogP contribution in [-0.4, -0.2) is 29.6 Å². The predicted octanol–water partition coefficient (Wildman–Crippen LogP) is 4.32. The van der Waals surface area contributed by atoms with E-state index in [0.717, 1.165) is 18.2 Å². The Kier molecular flexibility index (Phi) is 8.85. The largest absolute Gasteiger partial charge is 0.436 e. The summed E-state index contributed by atoms with van der Waals surface area (Å²) in [7, 11) is 0. The number of nitrogens with two attached hydrogens (primary N) is 1. The molecule has 1 aromatic heterocycles. The van der Waals surface area contributed by atoms with Crippen LogP contribution in [0.15, 0.2) is 36.5 Å². The minimum absolute atomic E-state index is 0. The Bertz CT molecular complexity index is 861. The molecule has 0 atom stereocenters. The molecule has 1 saturated heterocycles. The molecule has 3 N–H and O–H groups in total. The highest BCUT2D eigenvalue weighted by molar-refractivity contribution is 5.98. The maximum Gasteiger partial charge on any atom is 0.417 e. The Balaban J connectivity index is 0.00000225. The third-order valence-electron chi connectivity index (χ3n) is 4.31. The number of halogens is 6. The van der Waals surface area contributed by atoms with Crippen LogP contribution in [0.25, 0.3) is 0 Å². The zero-order valence-corrected chi connectivity index (χ0v) is 17.0. The number of alkyl halides is 3. The van der Waals surface area contributed by atoms with Crippen molar-refractivity contribution in [3.63, 3.8) is 0 Å². The zero-order valence-electron chi connectivity index (χ0n) is 15.4. The van der Waals surface area contributed by atoms with Gasteiger partial charge in [0.15, 0.2) is 11.6 Å². The van der Waals surface area contributed by atoms with E-state index in [4.69, 9.17) is 15.2 Å². The van der Waals surface area contributed by atoms with Gasteiger partial charge in [-0.2, -0.15) is 13.2 Å². The number of hydrogen-bond donors (Lipinski definition) is 2. The maximum absolute atomic E-state index is 14.3. The number of aromatic nitrogens is 1. The second-order valence-corrected chi connectivity index (χ2v) is 6.35. The van der Waals surface area contributed by atoms with Gasteiger partial charge in [0.25, 0.3) is 0 Å². The van der Waals surface area contributed by atoms with E-state index < -0.39 is 29.0 Å². The van der Waals surface area contributed by atoms with Gasteiger partial charge in [0, 0.05) is 37.2 Å². The molecule has 30 heavy (non-hydrogen) atoms. The lowest BCUT2D eigenvalue weighted by molar-refractivity contribution is -0.137. The molecule has 3 rings (SSSR count). The number of hydrogen-bond acceptors (Lipinski definition) is 5. The molecule has 0 aliphatic carbocycles. The summed E-state index contributed by atoms with van der Waals surface area (Å²) in [6.45, 7) is 0.733. The predicted molar refractivity (Wildman–Crippen MR) is 106 cm³/mol. The molecule has 0 saturated carbocycles. The third-order valence-corrected chi connectivity index (χ3v) is 4.31. The molecule has 166 valence electrons. The van der Waals surface area contributed by atoms with Crippen molar-refractivity contribution in [2.75, 3.05) is 18.5 Å². The summed E-state index contributed by atoms with van der Waals surface area (Å²) in [6, 6.07) is 5.42. The Hall–Kier alpha value is -2.14. The third kappa shape index (κ3) is 6.18. The van der Waals surface area contributed by atoms with E-state index in [9.17, 15) is 22.4 Å². The van der Waals surface area contributed by atoms with Crippen LogP contribution in [0.1, 0.15) is 18.4 Å². The molecule has 1 aromatic carbocycles. The van der Waals surface area contributed by atoms with Gasteiger partial charge >= 0.3 is 6.18 Å². The van der Waals surface area contributed by atoms with E-state index in [1.165, 1.54) is 12.1 Å². The van der Waals surface area contributed by atoms with Gasteiger partial charge in [-0.05, 0) is 31.0 Å². The lowest BCUT2D eigenvalue weighted by Gasteiger charge is -2.31. The first-order chi connectivity index (χ1) is 13.2. The molecule has 1 aliphatic rings. The Morgan fingerprint density at radius 3 is 2.37 bits per heavy atom. The lowest BCUT2D eigenvalue weighted by Crippen LogP contribution is -2.54. The van der Waals surface area contributed by atoms with Gasteiger partial charge < -0.3 is 20.5 Å². The van der Waals surface area contributed by atoms with Crippen LogP contribution in [-0.2, 0) is 15.7 Å².